The molecule has 1 aliphatic rings. The quantitative estimate of drug-likeness (QED) is 0.776. The molecular formula is C18H29N3O3S. The van der Waals surface area contributed by atoms with E-state index in [4.69, 9.17) is 0 Å². The minimum Gasteiger partial charge on any atom is -0.326 e. The van der Waals surface area contributed by atoms with Gasteiger partial charge in [0.1, 0.15) is 0 Å². The van der Waals surface area contributed by atoms with Crippen LogP contribution in [0.15, 0.2) is 17.0 Å². The van der Waals surface area contributed by atoms with Gasteiger partial charge in [-0.2, -0.15) is 4.31 Å². The van der Waals surface area contributed by atoms with E-state index in [1.54, 1.807) is 12.1 Å². The van der Waals surface area contributed by atoms with Crippen molar-refractivity contribution < 1.29 is 13.2 Å². The summed E-state index contributed by atoms with van der Waals surface area (Å²) in [5.41, 5.74) is 2.32. The van der Waals surface area contributed by atoms with Crippen LogP contribution in [0.25, 0.3) is 0 Å². The Balaban J connectivity index is 2.26. The molecule has 6 nitrogen and oxygen atoms in total. The van der Waals surface area contributed by atoms with Gasteiger partial charge in [0.05, 0.1) is 4.90 Å². The van der Waals surface area contributed by atoms with Gasteiger partial charge < -0.3 is 10.6 Å². The van der Waals surface area contributed by atoms with Gasteiger partial charge in [-0.15, -0.1) is 0 Å². The average molecular weight is 368 g/mol. The number of benzene rings is 1. The summed E-state index contributed by atoms with van der Waals surface area (Å²) in [4.78, 5) is 12.6. The molecule has 1 heterocycles. The second-order valence-corrected chi connectivity index (χ2v) is 8.49. The van der Waals surface area contributed by atoms with Crippen molar-refractivity contribution in [2.24, 2.45) is 0 Å². The van der Waals surface area contributed by atoms with Gasteiger partial charge in [-0.1, -0.05) is 13.8 Å². The molecule has 1 unspecified atom stereocenters. The first-order valence-corrected chi connectivity index (χ1v) is 10.4. The van der Waals surface area contributed by atoms with Crippen molar-refractivity contribution in [1.29, 1.82) is 0 Å². The van der Waals surface area contributed by atoms with Crippen molar-refractivity contribution in [2.75, 3.05) is 25.0 Å². The van der Waals surface area contributed by atoms with Gasteiger partial charge in [0, 0.05) is 31.2 Å². The lowest BCUT2D eigenvalue weighted by Crippen LogP contribution is -2.31. The van der Waals surface area contributed by atoms with Gasteiger partial charge in [-0.05, 0) is 56.5 Å². The number of carbonyl (C=O) groups excluding carboxylic acids is 1. The Morgan fingerprint density at radius 1 is 1.28 bits per heavy atom. The van der Waals surface area contributed by atoms with Crippen LogP contribution in [0.4, 0.5) is 5.69 Å². The van der Waals surface area contributed by atoms with E-state index in [0.717, 1.165) is 30.5 Å². The molecule has 0 aliphatic carbocycles. The van der Waals surface area contributed by atoms with Crippen LogP contribution >= 0.6 is 0 Å². The lowest BCUT2D eigenvalue weighted by atomic mass is 10.1. The summed E-state index contributed by atoms with van der Waals surface area (Å²) in [6, 6.07) is 3.47. The van der Waals surface area contributed by atoms with Crippen LogP contribution < -0.4 is 10.6 Å². The maximum atomic E-state index is 12.8. The summed E-state index contributed by atoms with van der Waals surface area (Å²) in [6.45, 7) is 9.19. The summed E-state index contributed by atoms with van der Waals surface area (Å²) < 4.78 is 27.0. The molecule has 1 atom stereocenters. The number of aryl methyl sites for hydroxylation is 1. The minimum absolute atomic E-state index is 0.0840. The third-order valence-corrected chi connectivity index (χ3v) is 6.88. The van der Waals surface area contributed by atoms with Crippen LogP contribution in [0.5, 0.6) is 0 Å². The Morgan fingerprint density at radius 2 is 1.96 bits per heavy atom. The van der Waals surface area contributed by atoms with Crippen LogP contribution in [-0.2, 0) is 14.8 Å². The normalized spacial score (nSPS) is 17.9. The summed E-state index contributed by atoms with van der Waals surface area (Å²) in [6.07, 6.45) is 2.50. The van der Waals surface area contributed by atoms with Crippen molar-refractivity contribution in [1.82, 2.24) is 9.62 Å². The van der Waals surface area contributed by atoms with Crippen LogP contribution in [0, 0.1) is 13.8 Å². The van der Waals surface area contributed by atoms with Gasteiger partial charge in [-0.25, -0.2) is 8.42 Å². The van der Waals surface area contributed by atoms with Crippen LogP contribution in [0.1, 0.15) is 44.2 Å². The standard InChI is InChI=1S/C18H29N3O3S/c1-5-21(6-2)25(23,24)16-10-13(3)14(4)17(12-16)20-18(22)11-15-8-7-9-19-15/h10,12,15,19H,5-9,11H2,1-4H3,(H,20,22). The fourth-order valence-electron chi connectivity index (χ4n) is 3.17. The smallest absolute Gasteiger partial charge is 0.243 e. The minimum atomic E-state index is -3.55. The highest BCUT2D eigenvalue weighted by atomic mass is 32.2. The molecule has 0 aromatic heterocycles. The Hall–Kier alpha value is -1.44. The Labute approximate surface area is 151 Å². The van der Waals surface area contributed by atoms with E-state index in [0.29, 0.717) is 25.2 Å². The Morgan fingerprint density at radius 3 is 2.52 bits per heavy atom. The van der Waals surface area contributed by atoms with Crippen molar-refractivity contribution >= 4 is 21.6 Å². The zero-order valence-corrected chi connectivity index (χ0v) is 16.4. The third-order valence-electron chi connectivity index (χ3n) is 4.85. The summed E-state index contributed by atoms with van der Waals surface area (Å²) in [7, 11) is -3.55. The third kappa shape index (κ3) is 4.59. The molecule has 1 aliphatic heterocycles. The first kappa shape index (κ1) is 19.9. The van der Waals surface area contributed by atoms with Crippen molar-refractivity contribution in [2.45, 2.75) is 57.9 Å². The lowest BCUT2D eigenvalue weighted by molar-refractivity contribution is -0.116. The number of nitrogens with one attached hydrogen (secondary N) is 2. The molecule has 140 valence electrons. The van der Waals surface area contributed by atoms with Gasteiger partial charge in [-0.3, -0.25) is 4.79 Å². The fourth-order valence-corrected chi connectivity index (χ4v) is 4.74. The molecule has 0 bridgehead atoms. The molecule has 2 N–H and O–H groups in total. The van der Waals surface area contributed by atoms with Crippen molar-refractivity contribution in [3.63, 3.8) is 0 Å². The lowest BCUT2D eigenvalue weighted by Gasteiger charge is -2.20. The number of anilines is 1. The monoisotopic (exact) mass is 367 g/mol. The summed E-state index contributed by atoms with van der Waals surface area (Å²) in [5.74, 6) is -0.0840. The average Bonchev–Trinajstić information content (AvgIpc) is 3.05. The van der Waals surface area contributed by atoms with E-state index in [2.05, 4.69) is 10.6 Å². The van der Waals surface area contributed by atoms with E-state index in [-0.39, 0.29) is 16.8 Å². The predicted octanol–water partition coefficient (Wildman–Crippen LogP) is 2.41. The second kappa shape index (κ2) is 8.29. The highest BCUT2D eigenvalue weighted by Gasteiger charge is 2.24. The van der Waals surface area contributed by atoms with E-state index >= 15 is 0 Å². The fraction of sp³-hybridized carbons (Fsp3) is 0.611. The number of nitrogens with zero attached hydrogens (tertiary/aromatic N) is 1. The van der Waals surface area contributed by atoms with E-state index in [1.165, 1.54) is 4.31 Å². The predicted molar refractivity (Wildman–Crippen MR) is 100 cm³/mol. The molecule has 1 fully saturated rings. The second-order valence-electron chi connectivity index (χ2n) is 6.55. The number of hydrogen-bond acceptors (Lipinski definition) is 4. The summed E-state index contributed by atoms with van der Waals surface area (Å²) >= 11 is 0. The highest BCUT2D eigenvalue weighted by molar-refractivity contribution is 7.89. The maximum Gasteiger partial charge on any atom is 0.243 e. The van der Waals surface area contributed by atoms with Gasteiger partial charge in [0.2, 0.25) is 15.9 Å². The van der Waals surface area contributed by atoms with E-state index < -0.39 is 10.0 Å². The van der Waals surface area contributed by atoms with Crippen LogP contribution in [0.3, 0.4) is 0 Å². The SMILES string of the molecule is CCN(CC)S(=O)(=O)c1cc(C)c(C)c(NC(=O)CC2CCCN2)c1. The van der Waals surface area contributed by atoms with E-state index in [9.17, 15) is 13.2 Å². The first-order chi connectivity index (χ1) is 11.8. The molecule has 1 amide bonds. The molecule has 1 aromatic carbocycles. The van der Waals surface area contributed by atoms with Crippen molar-refractivity contribution in [3.05, 3.63) is 23.3 Å². The number of rotatable bonds is 7. The largest absolute Gasteiger partial charge is 0.326 e. The molecule has 7 heteroatoms. The molecule has 1 aromatic rings. The first-order valence-electron chi connectivity index (χ1n) is 8.94. The van der Waals surface area contributed by atoms with Crippen LogP contribution in [0.2, 0.25) is 0 Å². The number of amides is 1. The number of hydrogen-bond donors (Lipinski definition) is 2. The number of sulfonamides is 1. The van der Waals surface area contributed by atoms with Crippen molar-refractivity contribution in [3.8, 4) is 0 Å². The highest BCUT2D eigenvalue weighted by Crippen LogP contribution is 2.26. The van der Waals surface area contributed by atoms with E-state index in [1.807, 2.05) is 27.7 Å². The molecule has 0 radical (unpaired) electrons. The Bertz CT molecular complexity index is 721. The van der Waals surface area contributed by atoms with Gasteiger partial charge >= 0.3 is 0 Å². The number of carbonyl (C=O) groups is 1. The molecule has 1 saturated heterocycles. The zero-order valence-electron chi connectivity index (χ0n) is 15.6. The zero-order chi connectivity index (χ0) is 18.6. The molecule has 25 heavy (non-hydrogen) atoms. The van der Waals surface area contributed by atoms with Gasteiger partial charge in [0.25, 0.3) is 0 Å². The molecule has 0 saturated carbocycles. The Kier molecular flexibility index (Phi) is 6.59. The molecular weight excluding hydrogens is 338 g/mol. The molecule has 2 rings (SSSR count). The maximum absolute atomic E-state index is 12.8. The topological polar surface area (TPSA) is 78.5 Å². The molecule has 0 spiro atoms. The van der Waals surface area contributed by atoms with Crippen LogP contribution in [-0.4, -0.2) is 44.3 Å². The summed E-state index contributed by atoms with van der Waals surface area (Å²) in [5, 5.41) is 6.21. The van der Waals surface area contributed by atoms with Gasteiger partial charge in [0.15, 0.2) is 0 Å².